The quantitative estimate of drug-likeness (QED) is 0.682. The highest BCUT2D eigenvalue weighted by atomic mass is 16.6. The largest absolute Gasteiger partial charge is 0.458 e. The Hall–Kier alpha value is -2.17. The van der Waals surface area contributed by atoms with E-state index in [0.717, 1.165) is 0 Å². The molecule has 1 aromatic carbocycles. The third-order valence-electron chi connectivity index (χ3n) is 2.66. The van der Waals surface area contributed by atoms with E-state index in [1.54, 1.807) is 52.0 Å². The van der Waals surface area contributed by atoms with E-state index in [2.05, 4.69) is 5.32 Å². The normalized spacial score (nSPS) is 12.4. The maximum Gasteiger partial charge on any atom is 0.328 e. The summed E-state index contributed by atoms with van der Waals surface area (Å²) < 4.78 is 5.19. The summed E-state index contributed by atoms with van der Waals surface area (Å²) in [7, 11) is 0. The van der Waals surface area contributed by atoms with Crippen molar-refractivity contribution in [3.05, 3.63) is 35.4 Å². The lowest BCUT2D eigenvalue weighted by atomic mass is 10.1. The maximum atomic E-state index is 12.0. The molecule has 0 saturated carbocycles. The number of hydrogen-bond acceptors (Lipinski definition) is 4. The summed E-state index contributed by atoms with van der Waals surface area (Å²) in [4.78, 5) is 35.0. The molecule has 0 aliphatic carbocycles. The molecule has 5 heteroatoms. The van der Waals surface area contributed by atoms with Crippen LogP contribution in [0.5, 0.6) is 0 Å². The molecule has 0 aromatic heterocycles. The zero-order chi connectivity index (χ0) is 16.2. The van der Waals surface area contributed by atoms with E-state index in [1.165, 1.54) is 6.92 Å². The van der Waals surface area contributed by atoms with Crippen molar-refractivity contribution in [2.45, 2.75) is 46.3 Å². The van der Waals surface area contributed by atoms with Crippen LogP contribution in [0.15, 0.2) is 24.3 Å². The summed E-state index contributed by atoms with van der Waals surface area (Å²) in [5, 5.41) is 2.57. The number of hydrogen-bond donors (Lipinski definition) is 1. The highest BCUT2D eigenvalue weighted by molar-refractivity contribution is 5.99. The van der Waals surface area contributed by atoms with Gasteiger partial charge < -0.3 is 10.1 Å². The van der Waals surface area contributed by atoms with Gasteiger partial charge in [-0.25, -0.2) is 4.79 Å². The fourth-order valence-corrected chi connectivity index (χ4v) is 1.59. The van der Waals surface area contributed by atoms with Crippen molar-refractivity contribution in [3.63, 3.8) is 0 Å². The minimum Gasteiger partial charge on any atom is -0.458 e. The van der Waals surface area contributed by atoms with Crippen LogP contribution >= 0.6 is 0 Å². The van der Waals surface area contributed by atoms with Crippen LogP contribution in [0.2, 0.25) is 0 Å². The molecule has 1 atom stereocenters. The second-order valence-corrected chi connectivity index (χ2v) is 5.86. The molecule has 0 saturated heterocycles. The lowest BCUT2D eigenvalue weighted by molar-refractivity contribution is -0.156. The molecular formula is C16H21NO4. The van der Waals surface area contributed by atoms with Gasteiger partial charge in [0.25, 0.3) is 5.91 Å². The summed E-state index contributed by atoms with van der Waals surface area (Å²) in [6.45, 7) is 8.31. The van der Waals surface area contributed by atoms with Crippen LogP contribution in [-0.4, -0.2) is 29.3 Å². The van der Waals surface area contributed by atoms with Crippen LogP contribution in [0.1, 0.15) is 55.3 Å². The Morgan fingerprint density at radius 2 is 1.52 bits per heavy atom. The Kier molecular flexibility index (Phi) is 5.24. The van der Waals surface area contributed by atoms with Crippen LogP contribution < -0.4 is 5.32 Å². The van der Waals surface area contributed by atoms with Crippen molar-refractivity contribution in [1.82, 2.24) is 5.32 Å². The molecule has 0 unspecified atom stereocenters. The summed E-state index contributed by atoms with van der Waals surface area (Å²) >= 11 is 0. The van der Waals surface area contributed by atoms with Crippen LogP contribution in [0, 0.1) is 0 Å². The number of ether oxygens (including phenoxy) is 1. The van der Waals surface area contributed by atoms with Crippen molar-refractivity contribution in [3.8, 4) is 0 Å². The van der Waals surface area contributed by atoms with Gasteiger partial charge in [0.1, 0.15) is 11.6 Å². The number of nitrogens with one attached hydrogen (secondary N) is 1. The first kappa shape index (κ1) is 16.9. The van der Waals surface area contributed by atoms with E-state index >= 15 is 0 Å². The van der Waals surface area contributed by atoms with Crippen LogP contribution in [0.3, 0.4) is 0 Å². The Bertz CT molecular complexity index is 540. The van der Waals surface area contributed by atoms with E-state index in [9.17, 15) is 14.4 Å². The average molecular weight is 291 g/mol. The Labute approximate surface area is 124 Å². The van der Waals surface area contributed by atoms with Crippen molar-refractivity contribution in [2.75, 3.05) is 0 Å². The molecule has 0 aliphatic rings. The smallest absolute Gasteiger partial charge is 0.328 e. The number of amides is 1. The molecule has 1 amide bonds. The predicted molar refractivity (Wildman–Crippen MR) is 79.2 cm³/mol. The lowest BCUT2D eigenvalue weighted by Crippen LogP contribution is -2.42. The monoisotopic (exact) mass is 291 g/mol. The van der Waals surface area contributed by atoms with E-state index in [1.807, 2.05) is 0 Å². The first-order valence-electron chi connectivity index (χ1n) is 6.75. The minimum absolute atomic E-state index is 0.0657. The predicted octanol–water partition coefficient (Wildman–Crippen LogP) is 2.35. The van der Waals surface area contributed by atoms with Gasteiger partial charge in [-0.15, -0.1) is 0 Å². The van der Waals surface area contributed by atoms with Crippen LogP contribution in [0.4, 0.5) is 0 Å². The zero-order valence-corrected chi connectivity index (χ0v) is 13.0. The van der Waals surface area contributed by atoms with Gasteiger partial charge in [-0.1, -0.05) is 12.1 Å². The molecule has 0 radical (unpaired) electrons. The number of Topliss-reactive ketones (excluding diaryl/α,β-unsaturated/α-hetero) is 1. The molecule has 5 nitrogen and oxygen atoms in total. The molecule has 0 bridgehead atoms. The third kappa shape index (κ3) is 5.38. The second-order valence-electron chi connectivity index (χ2n) is 5.86. The zero-order valence-electron chi connectivity index (χ0n) is 13.0. The molecule has 1 rings (SSSR count). The summed E-state index contributed by atoms with van der Waals surface area (Å²) in [6.07, 6.45) is 0. The topological polar surface area (TPSA) is 72.5 Å². The molecule has 0 fully saturated rings. The van der Waals surface area contributed by atoms with Crippen molar-refractivity contribution < 1.29 is 19.1 Å². The van der Waals surface area contributed by atoms with E-state index < -0.39 is 17.6 Å². The van der Waals surface area contributed by atoms with Gasteiger partial charge in [-0.05, 0) is 46.8 Å². The van der Waals surface area contributed by atoms with Gasteiger partial charge in [0.05, 0.1) is 0 Å². The summed E-state index contributed by atoms with van der Waals surface area (Å²) in [6, 6.07) is 5.51. The number of esters is 1. The summed E-state index contributed by atoms with van der Waals surface area (Å²) in [5.41, 5.74) is 0.321. The van der Waals surface area contributed by atoms with Crippen LogP contribution in [-0.2, 0) is 9.53 Å². The average Bonchev–Trinajstić information content (AvgIpc) is 2.36. The molecular weight excluding hydrogens is 270 g/mol. The van der Waals surface area contributed by atoms with Crippen molar-refractivity contribution in [2.24, 2.45) is 0 Å². The number of rotatable bonds is 4. The molecule has 1 aromatic rings. The maximum absolute atomic E-state index is 12.0. The fourth-order valence-electron chi connectivity index (χ4n) is 1.59. The number of carbonyl (C=O) groups excluding carboxylic acids is 3. The Morgan fingerprint density at radius 1 is 1.05 bits per heavy atom. The number of ketones is 1. The SMILES string of the molecule is CC(=O)c1ccc(C(=O)N[C@H](C)C(=O)OC(C)(C)C)cc1. The molecule has 0 heterocycles. The Morgan fingerprint density at radius 3 is 1.95 bits per heavy atom. The summed E-state index contributed by atoms with van der Waals surface area (Å²) in [5.74, 6) is -0.941. The highest BCUT2D eigenvalue weighted by Gasteiger charge is 2.23. The fraction of sp³-hybridized carbons (Fsp3) is 0.438. The molecule has 0 spiro atoms. The second kappa shape index (κ2) is 6.52. The molecule has 114 valence electrons. The van der Waals surface area contributed by atoms with Gasteiger partial charge in [0.15, 0.2) is 5.78 Å². The minimum atomic E-state index is -0.746. The number of carbonyl (C=O) groups is 3. The third-order valence-corrected chi connectivity index (χ3v) is 2.66. The molecule has 21 heavy (non-hydrogen) atoms. The lowest BCUT2D eigenvalue weighted by Gasteiger charge is -2.22. The van der Waals surface area contributed by atoms with E-state index in [0.29, 0.717) is 11.1 Å². The molecule has 1 N–H and O–H groups in total. The van der Waals surface area contributed by atoms with Gasteiger partial charge in [0.2, 0.25) is 0 Å². The Balaban J connectivity index is 2.68. The van der Waals surface area contributed by atoms with E-state index in [-0.39, 0.29) is 11.7 Å². The highest BCUT2D eigenvalue weighted by Crippen LogP contribution is 2.09. The van der Waals surface area contributed by atoms with Crippen molar-refractivity contribution in [1.29, 1.82) is 0 Å². The standard InChI is InChI=1S/C16H21NO4/c1-10(15(20)21-16(3,4)5)17-14(19)13-8-6-12(7-9-13)11(2)18/h6-10H,1-5H3,(H,17,19)/t10-/m1/s1. The van der Waals surface area contributed by atoms with Gasteiger partial charge in [-0.2, -0.15) is 0 Å². The van der Waals surface area contributed by atoms with E-state index in [4.69, 9.17) is 4.74 Å². The van der Waals surface area contributed by atoms with Gasteiger partial charge in [-0.3, -0.25) is 9.59 Å². The van der Waals surface area contributed by atoms with Crippen molar-refractivity contribution >= 4 is 17.7 Å². The molecule has 0 aliphatic heterocycles. The van der Waals surface area contributed by atoms with Crippen LogP contribution in [0.25, 0.3) is 0 Å². The first-order valence-corrected chi connectivity index (χ1v) is 6.75. The number of benzene rings is 1. The van der Waals surface area contributed by atoms with Gasteiger partial charge >= 0.3 is 5.97 Å². The first-order chi connectivity index (χ1) is 9.60. The van der Waals surface area contributed by atoms with Gasteiger partial charge in [0, 0.05) is 11.1 Å².